The molecule has 0 bridgehead atoms. The lowest BCUT2D eigenvalue weighted by Gasteiger charge is -2.20. The largest absolute Gasteiger partial charge is 0.444 e. The van der Waals surface area contributed by atoms with Gasteiger partial charge in [-0.25, -0.2) is 4.79 Å². The molecule has 1 N–H and O–H groups in total. The maximum Gasteiger partial charge on any atom is 0.412 e. The zero-order valence-electron chi connectivity index (χ0n) is 11.5. The van der Waals surface area contributed by atoms with Crippen molar-refractivity contribution in [1.82, 2.24) is 0 Å². The summed E-state index contributed by atoms with van der Waals surface area (Å²) >= 11 is 0. The second-order valence-corrected chi connectivity index (χ2v) is 5.87. The Morgan fingerprint density at radius 3 is 2.58 bits per heavy atom. The highest BCUT2D eigenvalue weighted by Gasteiger charge is 2.27. The van der Waals surface area contributed by atoms with Gasteiger partial charge in [-0.05, 0) is 51.2 Å². The van der Waals surface area contributed by atoms with Crippen molar-refractivity contribution in [3.63, 3.8) is 0 Å². The molecule has 19 heavy (non-hydrogen) atoms. The predicted octanol–water partition coefficient (Wildman–Crippen LogP) is 3.72. The minimum atomic E-state index is -0.536. The SMILES string of the molecule is CC(C)(C)OC(=O)Nc1cc(C=O)ccc1C1CC1. The van der Waals surface area contributed by atoms with Gasteiger partial charge in [0.15, 0.2) is 0 Å². The smallest absolute Gasteiger partial charge is 0.412 e. The summed E-state index contributed by atoms with van der Waals surface area (Å²) in [6, 6.07) is 5.39. The fourth-order valence-electron chi connectivity index (χ4n) is 1.92. The third-order valence-corrected chi connectivity index (χ3v) is 2.87. The first-order chi connectivity index (χ1) is 8.89. The van der Waals surface area contributed by atoms with Crippen LogP contribution in [-0.4, -0.2) is 18.0 Å². The van der Waals surface area contributed by atoms with Crippen LogP contribution in [0.15, 0.2) is 18.2 Å². The summed E-state index contributed by atoms with van der Waals surface area (Å²) in [5, 5.41) is 2.74. The minimum Gasteiger partial charge on any atom is -0.444 e. The molecule has 2 rings (SSSR count). The molecule has 1 aromatic rings. The zero-order chi connectivity index (χ0) is 14.0. The first-order valence-electron chi connectivity index (χ1n) is 6.48. The third-order valence-electron chi connectivity index (χ3n) is 2.87. The summed E-state index contributed by atoms with van der Waals surface area (Å²) in [4.78, 5) is 22.6. The van der Waals surface area contributed by atoms with Gasteiger partial charge in [0.1, 0.15) is 11.9 Å². The Kier molecular flexibility index (Phi) is 3.60. The van der Waals surface area contributed by atoms with Crippen LogP contribution in [0.4, 0.5) is 10.5 Å². The van der Waals surface area contributed by atoms with Crippen LogP contribution >= 0.6 is 0 Å². The van der Waals surface area contributed by atoms with E-state index in [4.69, 9.17) is 4.74 Å². The number of carbonyl (C=O) groups excluding carboxylic acids is 2. The van der Waals surface area contributed by atoms with E-state index in [0.29, 0.717) is 17.2 Å². The molecular weight excluding hydrogens is 242 g/mol. The lowest BCUT2D eigenvalue weighted by molar-refractivity contribution is 0.0635. The highest BCUT2D eigenvalue weighted by atomic mass is 16.6. The van der Waals surface area contributed by atoms with E-state index in [2.05, 4.69) is 5.32 Å². The Labute approximate surface area is 113 Å². The summed E-state index contributed by atoms with van der Waals surface area (Å²) in [6.07, 6.45) is 2.54. The second kappa shape index (κ2) is 5.03. The number of ether oxygens (including phenoxy) is 1. The first kappa shape index (κ1) is 13.6. The molecule has 0 heterocycles. The second-order valence-electron chi connectivity index (χ2n) is 5.87. The van der Waals surface area contributed by atoms with Gasteiger partial charge in [-0.3, -0.25) is 10.1 Å². The van der Waals surface area contributed by atoms with Crippen molar-refractivity contribution in [2.45, 2.75) is 45.1 Å². The highest BCUT2D eigenvalue weighted by molar-refractivity contribution is 5.88. The molecule has 0 unspecified atom stereocenters. The van der Waals surface area contributed by atoms with Crippen LogP contribution < -0.4 is 5.32 Å². The molecule has 1 amide bonds. The van der Waals surface area contributed by atoms with Gasteiger partial charge in [0.05, 0.1) is 0 Å². The third kappa shape index (κ3) is 3.81. The van der Waals surface area contributed by atoms with Crippen molar-refractivity contribution < 1.29 is 14.3 Å². The molecule has 0 aromatic heterocycles. The average Bonchev–Trinajstić information content (AvgIpc) is 3.10. The summed E-state index contributed by atoms with van der Waals surface area (Å²) in [6.45, 7) is 5.45. The van der Waals surface area contributed by atoms with Crippen LogP contribution in [-0.2, 0) is 4.74 Å². The minimum absolute atomic E-state index is 0.488. The quantitative estimate of drug-likeness (QED) is 0.843. The van der Waals surface area contributed by atoms with Crippen molar-refractivity contribution in [3.05, 3.63) is 29.3 Å². The van der Waals surface area contributed by atoms with Crippen molar-refractivity contribution in [1.29, 1.82) is 0 Å². The Morgan fingerprint density at radius 2 is 2.05 bits per heavy atom. The van der Waals surface area contributed by atoms with E-state index in [1.54, 1.807) is 12.1 Å². The van der Waals surface area contributed by atoms with Gasteiger partial charge in [0.2, 0.25) is 0 Å². The number of carbonyl (C=O) groups is 2. The van der Waals surface area contributed by atoms with E-state index in [-0.39, 0.29) is 0 Å². The Hall–Kier alpha value is -1.84. The van der Waals surface area contributed by atoms with E-state index in [9.17, 15) is 9.59 Å². The van der Waals surface area contributed by atoms with E-state index in [1.807, 2.05) is 26.8 Å². The number of hydrogen-bond donors (Lipinski definition) is 1. The normalized spacial score (nSPS) is 14.9. The Morgan fingerprint density at radius 1 is 1.37 bits per heavy atom. The van der Waals surface area contributed by atoms with E-state index in [0.717, 1.165) is 24.7 Å². The maximum atomic E-state index is 11.8. The van der Waals surface area contributed by atoms with Gasteiger partial charge in [-0.1, -0.05) is 12.1 Å². The molecule has 0 atom stereocenters. The number of anilines is 1. The van der Waals surface area contributed by atoms with E-state index in [1.165, 1.54) is 0 Å². The standard InChI is InChI=1S/C15H19NO3/c1-15(2,3)19-14(18)16-13-8-10(9-17)4-7-12(13)11-5-6-11/h4,7-9,11H,5-6H2,1-3H3,(H,16,18). The van der Waals surface area contributed by atoms with Crippen LogP contribution in [0.2, 0.25) is 0 Å². The van der Waals surface area contributed by atoms with Gasteiger partial charge < -0.3 is 4.74 Å². The van der Waals surface area contributed by atoms with Crippen LogP contribution in [0.3, 0.4) is 0 Å². The fraction of sp³-hybridized carbons (Fsp3) is 0.467. The lowest BCUT2D eigenvalue weighted by atomic mass is 10.1. The first-order valence-corrected chi connectivity index (χ1v) is 6.48. The fourth-order valence-corrected chi connectivity index (χ4v) is 1.92. The van der Waals surface area contributed by atoms with Crippen molar-refractivity contribution in [2.24, 2.45) is 0 Å². The number of nitrogens with one attached hydrogen (secondary N) is 1. The van der Waals surface area contributed by atoms with Gasteiger partial charge in [0.25, 0.3) is 0 Å². The van der Waals surface area contributed by atoms with Crippen molar-refractivity contribution in [3.8, 4) is 0 Å². The molecule has 1 aliphatic carbocycles. The molecule has 1 aromatic carbocycles. The number of hydrogen-bond acceptors (Lipinski definition) is 3. The van der Waals surface area contributed by atoms with Gasteiger partial charge in [0, 0.05) is 11.3 Å². The van der Waals surface area contributed by atoms with E-state index >= 15 is 0 Å². The number of benzene rings is 1. The molecule has 1 aliphatic rings. The van der Waals surface area contributed by atoms with Gasteiger partial charge in [-0.2, -0.15) is 0 Å². The number of rotatable bonds is 3. The molecule has 102 valence electrons. The molecule has 0 saturated heterocycles. The monoisotopic (exact) mass is 261 g/mol. The van der Waals surface area contributed by atoms with Crippen molar-refractivity contribution in [2.75, 3.05) is 5.32 Å². The average molecular weight is 261 g/mol. The molecule has 0 aliphatic heterocycles. The Balaban J connectivity index is 2.17. The molecule has 4 nitrogen and oxygen atoms in total. The molecule has 0 spiro atoms. The molecule has 0 radical (unpaired) electrons. The molecule has 1 saturated carbocycles. The molecule has 1 fully saturated rings. The van der Waals surface area contributed by atoms with Crippen LogP contribution in [0.5, 0.6) is 0 Å². The van der Waals surface area contributed by atoms with Crippen molar-refractivity contribution >= 4 is 18.1 Å². The summed E-state index contributed by atoms with van der Waals surface area (Å²) in [7, 11) is 0. The maximum absolute atomic E-state index is 11.8. The zero-order valence-corrected chi connectivity index (χ0v) is 11.5. The van der Waals surface area contributed by atoms with Crippen LogP contribution in [0.25, 0.3) is 0 Å². The summed E-state index contributed by atoms with van der Waals surface area (Å²) < 4.78 is 5.23. The number of amides is 1. The topological polar surface area (TPSA) is 55.4 Å². The molecular formula is C15H19NO3. The highest BCUT2D eigenvalue weighted by Crippen LogP contribution is 2.43. The molecule has 4 heteroatoms. The van der Waals surface area contributed by atoms with Gasteiger partial charge in [-0.15, -0.1) is 0 Å². The van der Waals surface area contributed by atoms with Crippen LogP contribution in [0.1, 0.15) is 55.5 Å². The lowest BCUT2D eigenvalue weighted by Crippen LogP contribution is -2.27. The predicted molar refractivity (Wildman–Crippen MR) is 73.7 cm³/mol. The van der Waals surface area contributed by atoms with Crippen LogP contribution in [0, 0.1) is 0 Å². The van der Waals surface area contributed by atoms with E-state index < -0.39 is 11.7 Å². The number of aldehydes is 1. The Bertz CT molecular complexity index is 499. The summed E-state index contributed by atoms with van der Waals surface area (Å²) in [5.74, 6) is 0.491. The van der Waals surface area contributed by atoms with Gasteiger partial charge >= 0.3 is 6.09 Å². The summed E-state index contributed by atoms with van der Waals surface area (Å²) in [5.41, 5.74) is 1.78.